The van der Waals surface area contributed by atoms with Crippen LogP contribution in [0, 0.1) is 23.2 Å². The highest BCUT2D eigenvalue weighted by molar-refractivity contribution is 5.93. The summed E-state index contributed by atoms with van der Waals surface area (Å²) in [5, 5.41) is 10.5. The number of allylic oxidation sites excluding steroid dienone is 6. The van der Waals surface area contributed by atoms with Gasteiger partial charge in [-0.25, -0.2) is 0 Å². The van der Waals surface area contributed by atoms with Crippen molar-refractivity contribution in [3.8, 4) is 0 Å². The maximum absolute atomic E-state index is 12.0. The van der Waals surface area contributed by atoms with E-state index in [1.807, 2.05) is 6.08 Å². The van der Waals surface area contributed by atoms with Gasteiger partial charge in [0.05, 0.1) is 6.10 Å². The van der Waals surface area contributed by atoms with Crippen molar-refractivity contribution in [3.05, 3.63) is 34.4 Å². The summed E-state index contributed by atoms with van der Waals surface area (Å²) < 4.78 is 0. The average Bonchev–Trinajstić information content (AvgIpc) is 3.32. The van der Waals surface area contributed by atoms with E-state index < -0.39 is 0 Å². The van der Waals surface area contributed by atoms with Gasteiger partial charge >= 0.3 is 0 Å². The highest BCUT2D eigenvalue weighted by atomic mass is 16.3. The molecule has 2 heteroatoms. The molecule has 0 amide bonds. The summed E-state index contributed by atoms with van der Waals surface area (Å²) in [6.45, 7) is 2.33. The molecule has 0 spiro atoms. The van der Waals surface area contributed by atoms with Gasteiger partial charge in [0.2, 0.25) is 0 Å². The molecule has 0 saturated heterocycles. The fourth-order valence-electron chi connectivity index (χ4n) is 6.23. The van der Waals surface area contributed by atoms with Crippen molar-refractivity contribution in [1.29, 1.82) is 0 Å². The van der Waals surface area contributed by atoms with E-state index in [0.29, 0.717) is 30.0 Å². The lowest BCUT2D eigenvalue weighted by Crippen LogP contribution is -2.43. The van der Waals surface area contributed by atoms with Crippen LogP contribution in [-0.4, -0.2) is 17.0 Å². The second-order valence-corrected chi connectivity index (χ2v) is 8.65. The zero-order chi connectivity index (χ0) is 15.8. The minimum Gasteiger partial charge on any atom is -0.393 e. The monoisotopic (exact) mass is 310 g/mol. The molecular formula is C21H26O2. The highest BCUT2D eigenvalue weighted by Crippen LogP contribution is 2.62. The Morgan fingerprint density at radius 3 is 2.83 bits per heavy atom. The van der Waals surface area contributed by atoms with Gasteiger partial charge in [0, 0.05) is 12.3 Å². The number of rotatable bonds is 1. The molecule has 1 unspecified atom stereocenters. The van der Waals surface area contributed by atoms with Gasteiger partial charge in [-0.05, 0) is 79.4 Å². The summed E-state index contributed by atoms with van der Waals surface area (Å²) in [5.74, 6) is 2.13. The number of aliphatic hydroxyl groups excluding tert-OH is 1. The smallest absolute Gasteiger partial charge is 0.156 e. The van der Waals surface area contributed by atoms with Crippen molar-refractivity contribution in [2.24, 2.45) is 23.2 Å². The first-order chi connectivity index (χ1) is 11.1. The molecule has 5 atom stereocenters. The number of hydrogen-bond donors (Lipinski definition) is 1. The molecule has 0 aliphatic heterocycles. The molecular weight excluding hydrogens is 284 g/mol. The van der Waals surface area contributed by atoms with Crippen LogP contribution in [0.5, 0.6) is 0 Å². The van der Waals surface area contributed by atoms with Crippen LogP contribution in [-0.2, 0) is 4.79 Å². The molecule has 0 aromatic rings. The predicted molar refractivity (Wildman–Crippen MR) is 89.7 cm³/mol. The average molecular weight is 310 g/mol. The standard InChI is InChI=1S/C21H26O2/c1-21-9-8-15-14-5-4-13(22)10-17(14)16(12-2-3-12)11-18(15)19(21)6-7-20(21)23/h2,10,16,18-20,23H,3-9,11H2,1H3/t16?,18-,19+,20+,21+/m1/s1. The lowest BCUT2D eigenvalue weighted by atomic mass is 9.55. The molecule has 5 aliphatic rings. The molecule has 23 heavy (non-hydrogen) atoms. The third-order valence-corrected chi connectivity index (χ3v) is 7.65. The zero-order valence-corrected chi connectivity index (χ0v) is 14.0. The lowest BCUT2D eigenvalue weighted by molar-refractivity contribution is -0.114. The molecule has 0 aromatic heterocycles. The number of aliphatic hydroxyl groups is 1. The van der Waals surface area contributed by atoms with E-state index in [4.69, 9.17) is 0 Å². The van der Waals surface area contributed by atoms with Gasteiger partial charge < -0.3 is 5.11 Å². The summed E-state index contributed by atoms with van der Waals surface area (Å²) in [5.41, 5.74) is 6.27. The largest absolute Gasteiger partial charge is 0.393 e. The van der Waals surface area contributed by atoms with Crippen LogP contribution in [0.1, 0.15) is 58.3 Å². The SMILES string of the molecule is C[C@]12CCC3=C4CCC(=O)C=C4C(C4=CC4)C[C@H]3[C@@H]1CC[C@@H]2O. The van der Waals surface area contributed by atoms with Crippen LogP contribution >= 0.6 is 0 Å². The Hall–Kier alpha value is -1.15. The van der Waals surface area contributed by atoms with Crippen molar-refractivity contribution in [2.45, 2.75) is 64.4 Å². The molecule has 0 radical (unpaired) electrons. The molecule has 5 rings (SSSR count). The summed E-state index contributed by atoms with van der Waals surface area (Å²) in [4.78, 5) is 12.0. The van der Waals surface area contributed by atoms with Gasteiger partial charge in [-0.3, -0.25) is 4.79 Å². The first-order valence-electron chi connectivity index (χ1n) is 9.41. The Morgan fingerprint density at radius 1 is 1.22 bits per heavy atom. The molecule has 122 valence electrons. The lowest BCUT2D eigenvalue weighted by Gasteiger charge is -2.49. The number of hydrogen-bond acceptors (Lipinski definition) is 2. The Bertz CT molecular complexity index is 680. The van der Waals surface area contributed by atoms with Crippen molar-refractivity contribution in [1.82, 2.24) is 0 Å². The number of carbonyl (C=O) groups is 1. The van der Waals surface area contributed by atoms with Crippen LogP contribution in [0.25, 0.3) is 0 Å². The Balaban J connectivity index is 1.61. The molecule has 1 N–H and O–H groups in total. The zero-order valence-electron chi connectivity index (χ0n) is 14.0. The van der Waals surface area contributed by atoms with E-state index in [1.165, 1.54) is 18.4 Å². The first-order valence-corrected chi connectivity index (χ1v) is 9.41. The van der Waals surface area contributed by atoms with Gasteiger partial charge in [-0.1, -0.05) is 24.1 Å². The second kappa shape index (κ2) is 4.69. The van der Waals surface area contributed by atoms with E-state index in [-0.39, 0.29) is 11.5 Å². The summed E-state index contributed by atoms with van der Waals surface area (Å²) >= 11 is 0. The minimum absolute atomic E-state index is 0.109. The summed E-state index contributed by atoms with van der Waals surface area (Å²) in [7, 11) is 0. The van der Waals surface area contributed by atoms with E-state index in [1.54, 1.807) is 16.7 Å². The predicted octanol–water partition coefficient (Wildman–Crippen LogP) is 4.11. The molecule has 2 saturated carbocycles. The van der Waals surface area contributed by atoms with E-state index in [2.05, 4.69) is 13.0 Å². The number of fused-ring (bicyclic) bond motifs is 4. The molecule has 0 aromatic carbocycles. The second-order valence-electron chi connectivity index (χ2n) is 8.65. The van der Waals surface area contributed by atoms with Crippen molar-refractivity contribution >= 4 is 5.78 Å². The van der Waals surface area contributed by atoms with Gasteiger partial charge in [-0.2, -0.15) is 0 Å². The normalized spacial score (nSPS) is 45.0. The van der Waals surface area contributed by atoms with Crippen LogP contribution < -0.4 is 0 Å². The topological polar surface area (TPSA) is 37.3 Å². The van der Waals surface area contributed by atoms with E-state index in [0.717, 1.165) is 32.1 Å². The summed E-state index contributed by atoms with van der Waals surface area (Å²) in [6.07, 6.45) is 12.6. The van der Waals surface area contributed by atoms with E-state index >= 15 is 0 Å². The van der Waals surface area contributed by atoms with Crippen molar-refractivity contribution in [2.75, 3.05) is 0 Å². The van der Waals surface area contributed by atoms with Gasteiger partial charge in [0.1, 0.15) is 0 Å². The van der Waals surface area contributed by atoms with Crippen LogP contribution in [0.3, 0.4) is 0 Å². The molecule has 5 aliphatic carbocycles. The fourth-order valence-corrected chi connectivity index (χ4v) is 6.23. The Kier molecular flexibility index (Phi) is 2.90. The Morgan fingerprint density at radius 2 is 2.04 bits per heavy atom. The third kappa shape index (κ3) is 1.94. The first kappa shape index (κ1) is 14.2. The summed E-state index contributed by atoms with van der Waals surface area (Å²) in [6, 6.07) is 0. The molecule has 0 heterocycles. The van der Waals surface area contributed by atoms with Crippen LogP contribution in [0.4, 0.5) is 0 Å². The van der Waals surface area contributed by atoms with E-state index in [9.17, 15) is 9.90 Å². The van der Waals surface area contributed by atoms with Gasteiger partial charge in [-0.15, -0.1) is 0 Å². The maximum Gasteiger partial charge on any atom is 0.156 e. The van der Waals surface area contributed by atoms with Gasteiger partial charge in [0.15, 0.2) is 5.78 Å². The Labute approximate surface area is 138 Å². The molecule has 2 nitrogen and oxygen atoms in total. The number of ketones is 1. The third-order valence-electron chi connectivity index (χ3n) is 7.65. The van der Waals surface area contributed by atoms with Crippen LogP contribution in [0.2, 0.25) is 0 Å². The van der Waals surface area contributed by atoms with Gasteiger partial charge in [0.25, 0.3) is 0 Å². The minimum atomic E-state index is -0.109. The van der Waals surface area contributed by atoms with Crippen molar-refractivity contribution < 1.29 is 9.90 Å². The maximum atomic E-state index is 12.0. The van der Waals surface area contributed by atoms with Crippen molar-refractivity contribution in [3.63, 3.8) is 0 Å². The molecule has 0 bridgehead atoms. The molecule has 2 fully saturated rings. The van der Waals surface area contributed by atoms with Crippen LogP contribution in [0.15, 0.2) is 34.4 Å². The quantitative estimate of drug-likeness (QED) is 0.740. The highest BCUT2D eigenvalue weighted by Gasteiger charge is 2.54. The number of carbonyl (C=O) groups excluding carboxylic acids is 1. The fraction of sp³-hybridized carbons (Fsp3) is 0.667.